The van der Waals surface area contributed by atoms with E-state index in [9.17, 15) is 39.0 Å². The van der Waals surface area contributed by atoms with E-state index in [1.165, 1.54) is 38.1 Å². The van der Waals surface area contributed by atoms with Crippen molar-refractivity contribution in [3.05, 3.63) is 61.0 Å². The van der Waals surface area contributed by atoms with Crippen LogP contribution >= 0.6 is 46.4 Å². The van der Waals surface area contributed by atoms with Crippen LogP contribution in [0.1, 0.15) is 46.5 Å². The number of hydrogen-bond acceptors (Lipinski definition) is 9. The molecule has 3 rings (SSSR count). The summed E-state index contributed by atoms with van der Waals surface area (Å²) in [5, 5.41) is 25.8. The lowest BCUT2D eigenvalue weighted by Gasteiger charge is -2.25. The van der Waals surface area contributed by atoms with Gasteiger partial charge in [-0.2, -0.15) is 0 Å². The van der Waals surface area contributed by atoms with Crippen molar-refractivity contribution in [1.29, 1.82) is 0 Å². The molecular formula is C27H28Cl4N6O8. The Morgan fingerprint density at radius 2 is 1.40 bits per heavy atom. The van der Waals surface area contributed by atoms with Crippen molar-refractivity contribution in [3.8, 4) is 5.75 Å². The average Bonchev–Trinajstić information content (AvgIpc) is 3.22. The van der Waals surface area contributed by atoms with Gasteiger partial charge in [0, 0.05) is 13.0 Å². The Balaban J connectivity index is 1.72. The van der Waals surface area contributed by atoms with Gasteiger partial charge in [0.15, 0.2) is 0 Å². The smallest absolute Gasteiger partial charge is 0.277 e. The largest absolute Gasteiger partial charge is 0.508 e. The summed E-state index contributed by atoms with van der Waals surface area (Å²) in [6.07, 6.45) is -1.63. The van der Waals surface area contributed by atoms with Crippen LogP contribution in [-0.2, 0) is 25.6 Å². The van der Waals surface area contributed by atoms with Gasteiger partial charge in [0.25, 0.3) is 11.8 Å². The number of aliphatic hydroxyl groups is 1. The number of fused-ring (bicyclic) bond motifs is 1. The monoisotopic (exact) mass is 704 g/mol. The summed E-state index contributed by atoms with van der Waals surface area (Å²) in [4.78, 5) is 76.0. The number of nitrogens with zero attached hydrogens (tertiary/aromatic N) is 1. The Kier molecular flexibility index (Phi) is 12.0. The van der Waals surface area contributed by atoms with E-state index in [1.807, 2.05) is 0 Å². The van der Waals surface area contributed by atoms with E-state index in [2.05, 4.69) is 21.4 Å². The maximum Gasteiger partial charge on any atom is 0.277 e. The molecule has 0 bridgehead atoms. The predicted octanol–water partition coefficient (Wildman–Crippen LogP) is 1.08. The minimum Gasteiger partial charge on any atom is -0.508 e. The number of nitrogens with two attached hydrogens (primary N) is 1. The van der Waals surface area contributed by atoms with Crippen LogP contribution < -0.4 is 27.1 Å². The van der Waals surface area contributed by atoms with Crippen LogP contribution in [0.15, 0.2) is 24.3 Å². The van der Waals surface area contributed by atoms with Crippen LogP contribution in [0.5, 0.6) is 5.75 Å². The molecule has 8 N–H and O–H groups in total. The molecule has 14 nitrogen and oxygen atoms in total. The number of phenolic OH excluding ortho intramolecular Hbond substituents is 1. The number of primary amides is 1. The normalized spacial score (nSPS) is 15.1. The van der Waals surface area contributed by atoms with Crippen LogP contribution in [0.4, 0.5) is 0 Å². The Hall–Kier alpha value is -3.66. The minimum absolute atomic E-state index is 0.0407. The summed E-state index contributed by atoms with van der Waals surface area (Å²) in [6.45, 7) is 2.44. The molecule has 0 spiro atoms. The molecule has 0 saturated carbocycles. The number of halogens is 4. The molecule has 2 aromatic carbocycles. The van der Waals surface area contributed by atoms with Crippen LogP contribution in [0.3, 0.4) is 0 Å². The fourth-order valence-electron chi connectivity index (χ4n) is 4.19. The van der Waals surface area contributed by atoms with E-state index in [-0.39, 0.29) is 56.4 Å². The second-order valence-electron chi connectivity index (χ2n) is 9.96. The number of hydrazine groups is 1. The molecule has 242 valence electrons. The SMILES string of the molecule is C[C@H](NC(=O)[C@H](Cc1ccc(O)cc1)NN1C(=O)c2c(Cl)c(Cl)c(Cl)c(Cl)c2C1=O)C(=O)NCCC(=O)N[C@H](C(N)=O)[C@@H](C)O. The highest BCUT2D eigenvalue weighted by molar-refractivity contribution is 6.55. The van der Waals surface area contributed by atoms with Crippen molar-refractivity contribution in [2.45, 2.75) is 50.9 Å². The van der Waals surface area contributed by atoms with Gasteiger partial charge in [-0.25, -0.2) is 10.4 Å². The average molecular weight is 706 g/mol. The van der Waals surface area contributed by atoms with Crippen molar-refractivity contribution in [2.75, 3.05) is 6.54 Å². The van der Waals surface area contributed by atoms with Crippen LogP contribution in [0.2, 0.25) is 20.1 Å². The number of carbonyl (C=O) groups is 6. The molecule has 4 atom stereocenters. The molecule has 0 aromatic heterocycles. The van der Waals surface area contributed by atoms with E-state index >= 15 is 0 Å². The molecule has 18 heteroatoms. The van der Waals surface area contributed by atoms with Gasteiger partial charge >= 0.3 is 0 Å². The van der Waals surface area contributed by atoms with Crippen molar-refractivity contribution >= 4 is 81.8 Å². The molecule has 45 heavy (non-hydrogen) atoms. The topological polar surface area (TPSA) is 220 Å². The van der Waals surface area contributed by atoms with E-state index in [1.54, 1.807) is 0 Å². The van der Waals surface area contributed by atoms with Crippen LogP contribution in [0, 0.1) is 0 Å². The number of rotatable bonds is 13. The summed E-state index contributed by atoms with van der Waals surface area (Å²) < 4.78 is 0. The first-order valence-electron chi connectivity index (χ1n) is 13.2. The zero-order valence-corrected chi connectivity index (χ0v) is 26.6. The predicted molar refractivity (Wildman–Crippen MR) is 164 cm³/mol. The Morgan fingerprint density at radius 3 is 1.89 bits per heavy atom. The first kappa shape index (κ1) is 35.8. The van der Waals surface area contributed by atoms with Gasteiger partial charge in [-0.1, -0.05) is 58.5 Å². The summed E-state index contributed by atoms with van der Waals surface area (Å²) in [5.74, 6) is -5.06. The summed E-state index contributed by atoms with van der Waals surface area (Å²) in [7, 11) is 0. The van der Waals surface area contributed by atoms with Crippen molar-refractivity contribution in [3.63, 3.8) is 0 Å². The third kappa shape index (κ3) is 8.34. The third-order valence-corrected chi connectivity index (χ3v) is 8.39. The molecule has 2 aromatic rings. The number of hydrogen-bond donors (Lipinski definition) is 7. The Bertz CT molecular complexity index is 1490. The fourth-order valence-corrected chi connectivity index (χ4v) is 5.21. The molecule has 0 aliphatic carbocycles. The van der Waals surface area contributed by atoms with Gasteiger partial charge < -0.3 is 31.9 Å². The standard InChI is InChI=1S/C27H28Cl4N6O8/c1-10(24(42)33-8-7-15(40)35-22(11(2)38)23(32)41)34-25(43)14(9-12-3-5-13(39)6-4-12)36-37-26(44)16-17(27(37)45)19(29)21(31)20(30)18(16)28/h3-6,10-11,14,22,36,38-39H,7-9H2,1-2H3,(H2,32,41)(H,33,42)(H,34,43)(H,35,40)/t10-,11+,14-,22-/m0/s1. The van der Waals surface area contributed by atoms with Gasteiger partial charge in [0.2, 0.25) is 23.6 Å². The van der Waals surface area contributed by atoms with Crippen molar-refractivity contribution in [2.24, 2.45) is 5.73 Å². The second kappa shape index (κ2) is 15.1. The highest BCUT2D eigenvalue weighted by Crippen LogP contribution is 2.44. The highest BCUT2D eigenvalue weighted by Gasteiger charge is 2.43. The zero-order chi connectivity index (χ0) is 33.7. The van der Waals surface area contributed by atoms with Crippen molar-refractivity contribution < 1.29 is 39.0 Å². The number of nitrogens with one attached hydrogen (secondary N) is 4. The number of aromatic hydroxyl groups is 1. The highest BCUT2D eigenvalue weighted by atomic mass is 35.5. The lowest BCUT2D eigenvalue weighted by molar-refractivity contribution is -0.131. The van der Waals surface area contributed by atoms with E-state index in [4.69, 9.17) is 52.1 Å². The summed E-state index contributed by atoms with van der Waals surface area (Å²) >= 11 is 24.5. The maximum atomic E-state index is 13.4. The molecule has 0 radical (unpaired) electrons. The molecule has 1 heterocycles. The molecule has 0 unspecified atom stereocenters. The van der Waals surface area contributed by atoms with E-state index in [0.717, 1.165) is 0 Å². The summed E-state index contributed by atoms with van der Waals surface area (Å²) in [5.41, 5.74) is 7.59. The minimum atomic E-state index is -1.34. The van der Waals surface area contributed by atoms with Gasteiger partial charge in [0.1, 0.15) is 23.9 Å². The quantitative estimate of drug-likeness (QED) is 0.0899. The molecule has 1 aliphatic heterocycles. The lowest BCUT2D eigenvalue weighted by Crippen LogP contribution is -2.57. The lowest BCUT2D eigenvalue weighted by atomic mass is 10.1. The molecule has 0 saturated heterocycles. The number of amides is 6. The Morgan fingerprint density at radius 1 is 0.867 bits per heavy atom. The molecular weight excluding hydrogens is 678 g/mol. The first-order chi connectivity index (χ1) is 21.0. The maximum absolute atomic E-state index is 13.4. The van der Waals surface area contributed by atoms with E-state index in [0.29, 0.717) is 10.6 Å². The van der Waals surface area contributed by atoms with Gasteiger partial charge in [-0.15, -0.1) is 0 Å². The van der Waals surface area contributed by atoms with Crippen LogP contribution in [0.25, 0.3) is 0 Å². The first-order valence-corrected chi connectivity index (χ1v) is 14.7. The Labute approximate surface area is 276 Å². The number of carbonyl (C=O) groups excluding carboxylic acids is 6. The molecule has 0 fully saturated rings. The van der Waals surface area contributed by atoms with Gasteiger partial charge in [-0.3, -0.25) is 28.8 Å². The van der Waals surface area contributed by atoms with Crippen molar-refractivity contribution in [1.82, 2.24) is 26.4 Å². The fraction of sp³-hybridized carbons (Fsp3) is 0.333. The third-order valence-electron chi connectivity index (χ3n) is 6.59. The number of imide groups is 1. The number of phenols is 1. The van der Waals surface area contributed by atoms with E-state index < -0.39 is 59.7 Å². The number of aliphatic hydroxyl groups excluding tert-OH is 1. The molecule has 6 amide bonds. The second-order valence-corrected chi connectivity index (χ2v) is 11.5. The summed E-state index contributed by atoms with van der Waals surface area (Å²) in [6, 6.07) is 1.94. The van der Waals surface area contributed by atoms with Gasteiger partial charge in [-0.05, 0) is 38.0 Å². The molecule has 1 aliphatic rings. The number of benzene rings is 2. The zero-order valence-electron chi connectivity index (χ0n) is 23.6. The van der Waals surface area contributed by atoms with Crippen LogP contribution in [-0.4, -0.2) is 81.4 Å². The van der Waals surface area contributed by atoms with Gasteiger partial charge in [0.05, 0.1) is 37.3 Å².